The van der Waals surface area contributed by atoms with Gasteiger partial charge in [0.25, 0.3) is 0 Å². The quantitative estimate of drug-likeness (QED) is 0.508. The fourth-order valence-electron chi connectivity index (χ4n) is 1.06. The average Bonchev–Trinajstić information content (AvgIpc) is 2.29. The van der Waals surface area contributed by atoms with E-state index in [2.05, 4.69) is 15.4 Å². The van der Waals surface area contributed by atoms with E-state index in [4.69, 9.17) is 12.2 Å². The Bertz CT molecular complexity index is 371. The second-order valence-electron chi connectivity index (χ2n) is 3.35. The monoisotopic (exact) mass is 253 g/mol. The van der Waals surface area contributed by atoms with Crippen molar-refractivity contribution in [2.24, 2.45) is 5.10 Å². The molecule has 1 rings (SSSR count). The summed E-state index contributed by atoms with van der Waals surface area (Å²) in [5, 5.41) is 4.04. The van der Waals surface area contributed by atoms with Gasteiger partial charge in [0.05, 0.1) is 6.21 Å². The number of benzene rings is 1. The Morgan fingerprint density at radius 1 is 1.38 bits per heavy atom. The van der Waals surface area contributed by atoms with Crippen LogP contribution in [-0.2, 0) is 0 Å². The van der Waals surface area contributed by atoms with Gasteiger partial charge in [-0.3, -0.25) is 5.43 Å². The van der Waals surface area contributed by atoms with Gasteiger partial charge in [-0.1, -0.05) is 36.1 Å². The van der Waals surface area contributed by atoms with Crippen LogP contribution in [0.3, 0.4) is 0 Å². The Morgan fingerprint density at radius 3 is 2.50 bits per heavy atom. The molecule has 5 heteroatoms. The first-order chi connectivity index (χ1) is 7.63. The van der Waals surface area contributed by atoms with Crippen LogP contribution in [0, 0.1) is 0 Å². The number of hydrazone groups is 1. The lowest BCUT2D eigenvalue weighted by Gasteiger charge is -2.11. The standard InChI is InChI=1S/C11H15N3S2/c1-14(2)10-6-4-9(5-7-10)8-12-13-11(15)16-3/h4-8H,1-3H3,(H,13,15)/b12-8-. The molecule has 1 N–H and O–H groups in total. The molecule has 0 radical (unpaired) electrons. The molecular weight excluding hydrogens is 238 g/mol. The molecule has 0 heterocycles. The Kier molecular flexibility index (Phi) is 5.28. The second-order valence-corrected chi connectivity index (χ2v) is 4.83. The van der Waals surface area contributed by atoms with E-state index in [9.17, 15) is 0 Å². The molecule has 0 aliphatic carbocycles. The number of thioether (sulfide) groups is 1. The number of hydrogen-bond acceptors (Lipinski definition) is 4. The summed E-state index contributed by atoms with van der Waals surface area (Å²) >= 11 is 6.42. The maximum Gasteiger partial charge on any atom is 0.153 e. The zero-order valence-corrected chi connectivity index (χ0v) is 11.2. The van der Waals surface area contributed by atoms with Gasteiger partial charge in [-0.15, -0.1) is 0 Å². The van der Waals surface area contributed by atoms with Crippen LogP contribution in [0.4, 0.5) is 5.69 Å². The Balaban J connectivity index is 2.58. The van der Waals surface area contributed by atoms with Gasteiger partial charge in [0.2, 0.25) is 0 Å². The lowest BCUT2D eigenvalue weighted by Crippen LogP contribution is -2.10. The van der Waals surface area contributed by atoms with Crippen LogP contribution in [0.1, 0.15) is 5.56 Å². The molecule has 0 aromatic heterocycles. The summed E-state index contributed by atoms with van der Waals surface area (Å²) in [6.45, 7) is 0. The summed E-state index contributed by atoms with van der Waals surface area (Å²) in [4.78, 5) is 2.06. The van der Waals surface area contributed by atoms with Crippen molar-refractivity contribution in [1.29, 1.82) is 0 Å². The first-order valence-corrected chi connectivity index (χ1v) is 6.41. The van der Waals surface area contributed by atoms with Gasteiger partial charge in [0.15, 0.2) is 4.32 Å². The number of nitrogens with one attached hydrogen (secondary N) is 1. The van der Waals surface area contributed by atoms with Crippen LogP contribution in [0.5, 0.6) is 0 Å². The predicted octanol–water partition coefficient (Wildman–Crippen LogP) is 2.32. The fourth-order valence-corrected chi connectivity index (χ4v) is 1.26. The van der Waals surface area contributed by atoms with E-state index < -0.39 is 0 Å². The number of thiocarbonyl (C=S) groups is 1. The van der Waals surface area contributed by atoms with E-state index in [-0.39, 0.29) is 0 Å². The molecular formula is C11H15N3S2. The van der Waals surface area contributed by atoms with Crippen molar-refractivity contribution in [3.63, 3.8) is 0 Å². The summed E-state index contributed by atoms with van der Waals surface area (Å²) in [6.07, 6.45) is 3.67. The number of anilines is 1. The van der Waals surface area contributed by atoms with E-state index in [0.717, 1.165) is 5.56 Å². The second kappa shape index (κ2) is 6.50. The van der Waals surface area contributed by atoms with E-state index in [1.165, 1.54) is 17.4 Å². The maximum absolute atomic E-state index is 4.96. The Labute approximate surface area is 106 Å². The lowest BCUT2D eigenvalue weighted by atomic mass is 10.2. The van der Waals surface area contributed by atoms with Crippen molar-refractivity contribution >= 4 is 40.2 Å². The first-order valence-electron chi connectivity index (χ1n) is 4.78. The number of nitrogens with zero attached hydrogens (tertiary/aromatic N) is 2. The van der Waals surface area contributed by atoms with E-state index in [0.29, 0.717) is 4.32 Å². The molecule has 0 spiro atoms. The lowest BCUT2D eigenvalue weighted by molar-refractivity contribution is 1.07. The summed E-state index contributed by atoms with van der Waals surface area (Å²) in [5.41, 5.74) is 4.99. The molecule has 0 amide bonds. The maximum atomic E-state index is 4.96. The molecule has 0 saturated heterocycles. The number of hydrogen-bond donors (Lipinski definition) is 1. The molecule has 0 fully saturated rings. The highest BCUT2D eigenvalue weighted by Crippen LogP contribution is 2.10. The molecule has 1 aromatic rings. The molecule has 16 heavy (non-hydrogen) atoms. The average molecular weight is 253 g/mol. The molecule has 0 aliphatic heterocycles. The van der Waals surface area contributed by atoms with Crippen molar-refractivity contribution in [3.05, 3.63) is 29.8 Å². The fraction of sp³-hybridized carbons (Fsp3) is 0.273. The van der Waals surface area contributed by atoms with Crippen molar-refractivity contribution in [1.82, 2.24) is 5.43 Å². The highest BCUT2D eigenvalue weighted by molar-refractivity contribution is 8.22. The molecule has 86 valence electrons. The Hall–Kier alpha value is -1.07. The van der Waals surface area contributed by atoms with Crippen LogP contribution < -0.4 is 10.3 Å². The van der Waals surface area contributed by atoms with Crippen LogP contribution in [0.2, 0.25) is 0 Å². The van der Waals surface area contributed by atoms with Crippen molar-refractivity contribution in [2.75, 3.05) is 25.3 Å². The molecule has 0 unspecified atom stereocenters. The minimum Gasteiger partial charge on any atom is -0.378 e. The molecule has 0 atom stereocenters. The minimum atomic E-state index is 0.668. The molecule has 3 nitrogen and oxygen atoms in total. The topological polar surface area (TPSA) is 27.6 Å². The molecule has 0 bridgehead atoms. The molecule has 0 saturated carbocycles. The normalized spacial score (nSPS) is 10.4. The van der Waals surface area contributed by atoms with Crippen LogP contribution in [-0.4, -0.2) is 30.9 Å². The number of rotatable bonds is 3. The van der Waals surface area contributed by atoms with Gasteiger partial charge in [-0.25, -0.2) is 0 Å². The molecule has 1 aromatic carbocycles. The smallest absolute Gasteiger partial charge is 0.153 e. The predicted molar refractivity (Wildman–Crippen MR) is 77.6 cm³/mol. The Morgan fingerprint density at radius 2 is 2.00 bits per heavy atom. The summed E-state index contributed by atoms with van der Waals surface area (Å²) in [7, 11) is 4.03. The van der Waals surface area contributed by atoms with E-state index in [1.807, 2.05) is 44.6 Å². The summed E-state index contributed by atoms with van der Waals surface area (Å²) < 4.78 is 0.668. The third kappa shape index (κ3) is 4.20. The van der Waals surface area contributed by atoms with Crippen molar-refractivity contribution < 1.29 is 0 Å². The van der Waals surface area contributed by atoms with E-state index >= 15 is 0 Å². The van der Waals surface area contributed by atoms with Gasteiger partial charge in [-0.05, 0) is 24.0 Å². The zero-order chi connectivity index (χ0) is 12.0. The first kappa shape index (κ1) is 13.0. The third-order valence-corrected chi connectivity index (χ3v) is 3.02. The summed E-state index contributed by atoms with van der Waals surface area (Å²) in [6, 6.07) is 8.13. The summed E-state index contributed by atoms with van der Waals surface area (Å²) in [5.74, 6) is 0. The van der Waals surface area contributed by atoms with Crippen LogP contribution in [0.15, 0.2) is 29.4 Å². The van der Waals surface area contributed by atoms with Gasteiger partial charge < -0.3 is 4.90 Å². The largest absolute Gasteiger partial charge is 0.378 e. The third-order valence-electron chi connectivity index (χ3n) is 1.96. The van der Waals surface area contributed by atoms with Crippen LogP contribution >= 0.6 is 24.0 Å². The SMILES string of the molecule is CSC(=S)N/N=C\c1ccc(N(C)C)cc1. The minimum absolute atomic E-state index is 0.668. The van der Waals surface area contributed by atoms with Gasteiger partial charge in [0.1, 0.15) is 0 Å². The van der Waals surface area contributed by atoms with Crippen molar-refractivity contribution in [3.8, 4) is 0 Å². The van der Waals surface area contributed by atoms with Gasteiger partial charge in [-0.2, -0.15) is 5.10 Å². The molecule has 0 aliphatic rings. The van der Waals surface area contributed by atoms with Crippen molar-refractivity contribution in [2.45, 2.75) is 0 Å². The highest BCUT2D eigenvalue weighted by Gasteiger charge is 1.94. The van der Waals surface area contributed by atoms with Gasteiger partial charge in [0, 0.05) is 19.8 Å². The van der Waals surface area contributed by atoms with Crippen LogP contribution in [0.25, 0.3) is 0 Å². The zero-order valence-electron chi connectivity index (χ0n) is 9.60. The van der Waals surface area contributed by atoms with Gasteiger partial charge >= 0.3 is 0 Å². The van der Waals surface area contributed by atoms with E-state index in [1.54, 1.807) is 6.21 Å². The highest BCUT2D eigenvalue weighted by atomic mass is 32.2.